The molecule has 0 saturated heterocycles. The van der Waals surface area contributed by atoms with Crippen LogP contribution >= 0.6 is 0 Å². The minimum absolute atomic E-state index is 0.199. The van der Waals surface area contributed by atoms with Crippen molar-refractivity contribution in [2.75, 3.05) is 0 Å². The predicted molar refractivity (Wildman–Crippen MR) is 99.8 cm³/mol. The van der Waals surface area contributed by atoms with Crippen molar-refractivity contribution in [2.45, 2.75) is 37.7 Å². The van der Waals surface area contributed by atoms with Crippen LogP contribution in [0.25, 0.3) is 22.4 Å². The van der Waals surface area contributed by atoms with Gasteiger partial charge in [0.05, 0.1) is 6.10 Å². The Kier molecular flexibility index (Phi) is 4.97. The molecule has 1 heterocycles. The zero-order chi connectivity index (χ0) is 20.4. The Hall–Kier alpha value is -3.34. The molecular weight excluding hydrogens is 381 g/mol. The monoisotopic (exact) mass is 398 g/mol. The maximum absolute atomic E-state index is 13.4. The number of hydrogen-bond acceptors (Lipinski definition) is 4. The highest BCUT2D eigenvalue weighted by Crippen LogP contribution is 2.37. The average molecular weight is 398 g/mol. The molecule has 148 valence electrons. The van der Waals surface area contributed by atoms with E-state index < -0.39 is 5.92 Å². The summed E-state index contributed by atoms with van der Waals surface area (Å²) in [5.74, 6) is -2.51. The largest absolute Gasteiger partial charge is 0.490 e. The van der Waals surface area contributed by atoms with Gasteiger partial charge in [-0.25, -0.2) is 18.3 Å². The van der Waals surface area contributed by atoms with E-state index in [0.717, 1.165) is 11.1 Å². The van der Waals surface area contributed by atoms with Gasteiger partial charge in [0.15, 0.2) is 5.69 Å². The van der Waals surface area contributed by atoms with Gasteiger partial charge >= 0.3 is 0 Å². The van der Waals surface area contributed by atoms with E-state index in [1.165, 1.54) is 12.1 Å². The lowest BCUT2D eigenvalue weighted by Gasteiger charge is -2.29. The SMILES string of the molecule is N#Cc1[nH]nnc1-c1cc(OC2CCC(F)(F)CC2)cc(-c2ccc(F)cc2)c1. The summed E-state index contributed by atoms with van der Waals surface area (Å²) in [6, 6.07) is 13.2. The lowest BCUT2D eigenvalue weighted by molar-refractivity contribution is -0.0582. The first-order valence-corrected chi connectivity index (χ1v) is 9.20. The molecule has 0 bridgehead atoms. The maximum atomic E-state index is 13.4. The second-order valence-electron chi connectivity index (χ2n) is 7.07. The third-order valence-corrected chi connectivity index (χ3v) is 4.98. The lowest BCUT2D eigenvalue weighted by atomic mass is 9.94. The number of aromatic nitrogens is 3. The molecule has 1 saturated carbocycles. The van der Waals surface area contributed by atoms with Gasteiger partial charge < -0.3 is 4.74 Å². The molecule has 29 heavy (non-hydrogen) atoms. The standard InChI is InChI=1S/C21H17F3N4O/c22-16-3-1-13(2-4-16)14-9-15(20-19(12-25)26-28-27-20)11-18(10-14)29-17-5-7-21(23,24)8-6-17/h1-4,9-11,17H,5-8H2,(H,26,27,28). The molecule has 0 aliphatic heterocycles. The summed E-state index contributed by atoms with van der Waals surface area (Å²) < 4.78 is 46.2. The number of H-pyrrole nitrogens is 1. The topological polar surface area (TPSA) is 74.6 Å². The number of rotatable bonds is 4. The van der Waals surface area contributed by atoms with Crippen molar-refractivity contribution in [3.05, 3.63) is 54.0 Å². The molecular formula is C21H17F3N4O. The number of halogens is 3. The summed E-state index contributed by atoms with van der Waals surface area (Å²) >= 11 is 0. The summed E-state index contributed by atoms with van der Waals surface area (Å²) in [5, 5.41) is 19.4. The van der Waals surface area contributed by atoms with Crippen LogP contribution < -0.4 is 4.74 Å². The first-order chi connectivity index (χ1) is 13.9. The highest BCUT2D eigenvalue weighted by molar-refractivity contribution is 5.75. The summed E-state index contributed by atoms with van der Waals surface area (Å²) in [5.41, 5.74) is 2.62. The molecule has 0 spiro atoms. The Labute approximate surface area is 165 Å². The van der Waals surface area contributed by atoms with Gasteiger partial charge in [-0.05, 0) is 54.3 Å². The molecule has 0 atom stereocenters. The van der Waals surface area contributed by atoms with Crippen molar-refractivity contribution in [1.82, 2.24) is 15.4 Å². The number of benzene rings is 2. The Morgan fingerprint density at radius 3 is 2.41 bits per heavy atom. The number of hydrogen-bond donors (Lipinski definition) is 1. The fourth-order valence-electron chi connectivity index (χ4n) is 3.44. The van der Waals surface area contributed by atoms with Crippen LogP contribution in [0.2, 0.25) is 0 Å². The number of ether oxygens (including phenoxy) is 1. The van der Waals surface area contributed by atoms with E-state index >= 15 is 0 Å². The van der Waals surface area contributed by atoms with Crippen LogP contribution in [0.4, 0.5) is 13.2 Å². The van der Waals surface area contributed by atoms with Gasteiger partial charge in [-0.2, -0.15) is 5.26 Å². The molecule has 2 aromatic carbocycles. The summed E-state index contributed by atoms with van der Waals surface area (Å²) in [4.78, 5) is 0. The van der Waals surface area contributed by atoms with Crippen molar-refractivity contribution < 1.29 is 17.9 Å². The van der Waals surface area contributed by atoms with Crippen LogP contribution in [0.15, 0.2) is 42.5 Å². The molecule has 5 nitrogen and oxygen atoms in total. The quantitative estimate of drug-likeness (QED) is 0.663. The summed E-state index contributed by atoms with van der Waals surface area (Å²) in [7, 11) is 0. The molecule has 0 radical (unpaired) electrons. The van der Waals surface area contributed by atoms with E-state index in [1.54, 1.807) is 30.3 Å². The van der Waals surface area contributed by atoms with Gasteiger partial charge in [-0.3, -0.25) is 0 Å². The molecule has 1 aliphatic rings. The van der Waals surface area contributed by atoms with Crippen LogP contribution in [-0.2, 0) is 0 Å². The van der Waals surface area contributed by atoms with Crippen LogP contribution in [0.5, 0.6) is 5.75 Å². The first kappa shape index (κ1) is 19.0. The lowest BCUT2D eigenvalue weighted by Crippen LogP contribution is -2.30. The van der Waals surface area contributed by atoms with Crippen LogP contribution in [0.1, 0.15) is 31.4 Å². The molecule has 8 heteroatoms. The van der Waals surface area contributed by atoms with Gasteiger partial charge in [-0.1, -0.05) is 17.3 Å². The van der Waals surface area contributed by atoms with Gasteiger partial charge in [0.1, 0.15) is 23.3 Å². The maximum Gasteiger partial charge on any atom is 0.248 e. The molecule has 1 fully saturated rings. The minimum Gasteiger partial charge on any atom is -0.490 e. The second kappa shape index (κ2) is 7.59. The second-order valence-corrected chi connectivity index (χ2v) is 7.07. The van der Waals surface area contributed by atoms with Crippen molar-refractivity contribution in [1.29, 1.82) is 5.26 Å². The fraction of sp³-hybridized carbons (Fsp3) is 0.286. The fourth-order valence-corrected chi connectivity index (χ4v) is 3.44. The molecule has 1 aliphatic carbocycles. The highest BCUT2D eigenvalue weighted by Gasteiger charge is 2.35. The van der Waals surface area contributed by atoms with Crippen LogP contribution in [0, 0.1) is 17.1 Å². The van der Waals surface area contributed by atoms with Crippen molar-refractivity contribution in [2.24, 2.45) is 0 Å². The smallest absolute Gasteiger partial charge is 0.248 e. The molecule has 3 aromatic rings. The predicted octanol–water partition coefficient (Wildman–Crippen LogP) is 5.11. The zero-order valence-corrected chi connectivity index (χ0v) is 15.3. The summed E-state index contributed by atoms with van der Waals surface area (Å²) in [6.07, 6.45) is -0.208. The normalized spacial score (nSPS) is 16.3. The number of alkyl halides is 2. The molecule has 1 N–H and O–H groups in total. The third-order valence-electron chi connectivity index (χ3n) is 4.98. The van der Waals surface area contributed by atoms with Gasteiger partial charge in [0.25, 0.3) is 0 Å². The van der Waals surface area contributed by atoms with E-state index in [2.05, 4.69) is 15.4 Å². The van der Waals surface area contributed by atoms with Crippen molar-refractivity contribution in [3.8, 4) is 34.2 Å². The molecule has 1 aromatic heterocycles. The first-order valence-electron chi connectivity index (χ1n) is 9.20. The van der Waals surface area contributed by atoms with Crippen LogP contribution in [0.3, 0.4) is 0 Å². The van der Waals surface area contributed by atoms with E-state index in [1.807, 2.05) is 6.07 Å². The summed E-state index contributed by atoms with van der Waals surface area (Å²) in [6.45, 7) is 0. The van der Waals surface area contributed by atoms with E-state index in [0.29, 0.717) is 17.0 Å². The van der Waals surface area contributed by atoms with Crippen molar-refractivity contribution in [3.63, 3.8) is 0 Å². The molecule has 0 amide bonds. The number of nitrogens with one attached hydrogen (secondary N) is 1. The van der Waals surface area contributed by atoms with Gasteiger partial charge in [0.2, 0.25) is 5.92 Å². The number of nitrogens with zero attached hydrogens (tertiary/aromatic N) is 3. The highest BCUT2D eigenvalue weighted by atomic mass is 19.3. The Balaban J connectivity index is 1.70. The average Bonchev–Trinajstić information content (AvgIpc) is 3.19. The van der Waals surface area contributed by atoms with E-state index in [4.69, 9.17) is 4.74 Å². The van der Waals surface area contributed by atoms with Gasteiger partial charge in [0, 0.05) is 18.4 Å². The van der Waals surface area contributed by atoms with Crippen molar-refractivity contribution >= 4 is 0 Å². The number of aromatic amines is 1. The number of nitriles is 1. The minimum atomic E-state index is -2.64. The Morgan fingerprint density at radius 2 is 1.72 bits per heavy atom. The third kappa shape index (κ3) is 4.24. The van der Waals surface area contributed by atoms with E-state index in [9.17, 15) is 18.4 Å². The molecule has 0 unspecified atom stereocenters. The Morgan fingerprint density at radius 1 is 1.03 bits per heavy atom. The molecule has 4 rings (SSSR count). The van der Waals surface area contributed by atoms with Crippen LogP contribution in [-0.4, -0.2) is 27.4 Å². The van der Waals surface area contributed by atoms with Gasteiger partial charge in [-0.15, -0.1) is 5.10 Å². The Bertz CT molecular complexity index is 1050. The van der Waals surface area contributed by atoms with E-state index in [-0.39, 0.29) is 43.3 Å². The zero-order valence-electron chi connectivity index (χ0n) is 15.3.